The number of aromatic nitrogens is 1. The van der Waals surface area contributed by atoms with Crippen molar-refractivity contribution in [3.8, 4) is 5.88 Å². The van der Waals surface area contributed by atoms with Gasteiger partial charge in [-0.25, -0.2) is 9.37 Å². The average Bonchev–Trinajstić information content (AvgIpc) is 2.29. The molecule has 0 unspecified atom stereocenters. The van der Waals surface area contributed by atoms with E-state index in [1.807, 2.05) is 13.8 Å². The lowest BCUT2D eigenvalue weighted by Crippen LogP contribution is -2.21. The van der Waals surface area contributed by atoms with Crippen LogP contribution in [0.1, 0.15) is 39.2 Å². The van der Waals surface area contributed by atoms with Gasteiger partial charge in [-0.05, 0) is 36.5 Å². The van der Waals surface area contributed by atoms with Gasteiger partial charge in [0.2, 0.25) is 0 Å². The summed E-state index contributed by atoms with van der Waals surface area (Å²) in [6, 6.07) is 1.60. The summed E-state index contributed by atoms with van der Waals surface area (Å²) in [5, 5.41) is 0. The van der Waals surface area contributed by atoms with Gasteiger partial charge >= 0.3 is 0 Å². The second kappa shape index (κ2) is 5.11. The molecule has 0 atom stereocenters. The number of hydrogen-bond donors (Lipinski definition) is 0. The summed E-state index contributed by atoms with van der Waals surface area (Å²) in [7, 11) is 0. The van der Waals surface area contributed by atoms with Crippen molar-refractivity contribution in [1.82, 2.24) is 4.98 Å². The Morgan fingerprint density at radius 2 is 2.16 bits per heavy atom. The number of allylic oxidation sites excluding steroid dienone is 2. The molecule has 4 heteroatoms. The zero-order valence-electron chi connectivity index (χ0n) is 11.5. The minimum atomic E-state index is -0.485. The highest BCUT2D eigenvalue weighted by Crippen LogP contribution is 2.39. The molecule has 0 radical (unpaired) electrons. The first-order valence-electron chi connectivity index (χ1n) is 6.44. The average molecular weight is 263 g/mol. The number of halogens is 1. The highest BCUT2D eigenvalue weighted by atomic mass is 19.1. The molecule has 0 spiro atoms. The number of carbonyl (C=O) groups is 1. The fourth-order valence-corrected chi connectivity index (χ4v) is 2.43. The molecule has 0 amide bonds. The van der Waals surface area contributed by atoms with Gasteiger partial charge in [0.05, 0.1) is 6.61 Å². The summed E-state index contributed by atoms with van der Waals surface area (Å²) in [5.41, 5.74) is 1.00. The molecular weight excluding hydrogens is 245 g/mol. The monoisotopic (exact) mass is 263 g/mol. The molecule has 0 aliphatic heterocycles. The van der Waals surface area contributed by atoms with Crippen LogP contribution >= 0.6 is 0 Å². The molecule has 1 aliphatic carbocycles. The third kappa shape index (κ3) is 3.00. The van der Waals surface area contributed by atoms with Gasteiger partial charge in [-0.15, -0.1) is 0 Å². The SMILES string of the molecule is CCOc1nccc(C2=CC(=O)CC(C)(C)C2)c1F. The topological polar surface area (TPSA) is 39.2 Å². The normalized spacial score (nSPS) is 18.1. The Labute approximate surface area is 112 Å². The summed E-state index contributed by atoms with van der Waals surface area (Å²) >= 11 is 0. The predicted molar refractivity (Wildman–Crippen MR) is 71.4 cm³/mol. The zero-order chi connectivity index (χ0) is 14.0. The van der Waals surface area contributed by atoms with Gasteiger partial charge in [0.1, 0.15) is 0 Å². The Morgan fingerprint density at radius 3 is 2.79 bits per heavy atom. The minimum Gasteiger partial charge on any atom is -0.476 e. The Balaban J connectivity index is 2.42. The Bertz CT molecular complexity index is 535. The van der Waals surface area contributed by atoms with E-state index in [4.69, 9.17) is 4.74 Å². The Hall–Kier alpha value is -1.71. The van der Waals surface area contributed by atoms with Gasteiger partial charge < -0.3 is 4.74 Å². The number of hydrogen-bond acceptors (Lipinski definition) is 3. The molecule has 0 saturated carbocycles. The molecule has 0 aromatic carbocycles. The van der Waals surface area contributed by atoms with E-state index in [1.54, 1.807) is 19.1 Å². The van der Waals surface area contributed by atoms with Crippen LogP contribution in [0.5, 0.6) is 5.88 Å². The van der Waals surface area contributed by atoms with E-state index in [0.717, 1.165) is 5.57 Å². The van der Waals surface area contributed by atoms with E-state index in [0.29, 0.717) is 25.0 Å². The molecule has 1 aliphatic rings. The highest BCUT2D eigenvalue weighted by molar-refractivity contribution is 5.99. The van der Waals surface area contributed by atoms with Crippen molar-refractivity contribution in [1.29, 1.82) is 0 Å². The molecule has 2 rings (SSSR count). The second-order valence-electron chi connectivity index (χ2n) is 5.56. The van der Waals surface area contributed by atoms with Gasteiger partial charge in [-0.1, -0.05) is 13.8 Å². The van der Waals surface area contributed by atoms with Gasteiger partial charge in [0, 0.05) is 18.2 Å². The molecule has 0 bridgehead atoms. The number of rotatable bonds is 3. The number of ketones is 1. The lowest BCUT2D eigenvalue weighted by molar-refractivity contribution is -0.116. The van der Waals surface area contributed by atoms with Crippen molar-refractivity contribution in [3.63, 3.8) is 0 Å². The number of carbonyl (C=O) groups excluding carboxylic acids is 1. The fraction of sp³-hybridized carbons (Fsp3) is 0.467. The van der Waals surface area contributed by atoms with Gasteiger partial charge in [0.15, 0.2) is 11.6 Å². The third-order valence-electron chi connectivity index (χ3n) is 3.14. The molecule has 1 heterocycles. The van der Waals surface area contributed by atoms with Gasteiger partial charge in [-0.3, -0.25) is 4.79 Å². The second-order valence-corrected chi connectivity index (χ2v) is 5.56. The first-order valence-corrected chi connectivity index (χ1v) is 6.44. The van der Waals surface area contributed by atoms with Crippen molar-refractivity contribution in [2.24, 2.45) is 5.41 Å². The molecule has 1 aromatic heterocycles. The standard InChI is InChI=1S/C15H18FNO2/c1-4-19-14-13(16)12(5-6-17-14)10-7-11(18)9-15(2,3)8-10/h5-7H,4,8-9H2,1-3H3. The Morgan fingerprint density at radius 1 is 1.42 bits per heavy atom. The first-order chi connectivity index (χ1) is 8.93. The summed E-state index contributed by atoms with van der Waals surface area (Å²) < 4.78 is 19.4. The number of nitrogens with zero attached hydrogens (tertiary/aromatic N) is 1. The van der Waals surface area contributed by atoms with E-state index < -0.39 is 5.82 Å². The van der Waals surface area contributed by atoms with Crippen molar-refractivity contribution in [2.75, 3.05) is 6.61 Å². The summed E-state index contributed by atoms with van der Waals surface area (Å²) in [4.78, 5) is 15.6. The molecule has 1 aromatic rings. The highest BCUT2D eigenvalue weighted by Gasteiger charge is 2.29. The molecule has 0 N–H and O–H groups in total. The predicted octanol–water partition coefficient (Wildman–Crippen LogP) is 3.39. The van der Waals surface area contributed by atoms with Crippen LogP contribution in [0.15, 0.2) is 18.3 Å². The van der Waals surface area contributed by atoms with E-state index in [-0.39, 0.29) is 17.1 Å². The lowest BCUT2D eigenvalue weighted by atomic mass is 9.75. The summed E-state index contributed by atoms with van der Waals surface area (Å²) in [5.74, 6) is -0.446. The molecular formula is C15H18FNO2. The first kappa shape index (κ1) is 13.7. The Kier molecular flexibility index (Phi) is 3.69. The van der Waals surface area contributed by atoms with Crippen LogP contribution in [0.4, 0.5) is 4.39 Å². The van der Waals surface area contributed by atoms with Crippen molar-refractivity contribution < 1.29 is 13.9 Å². The molecule has 102 valence electrons. The van der Waals surface area contributed by atoms with Crippen LogP contribution in [0.25, 0.3) is 5.57 Å². The molecule has 0 saturated heterocycles. The van der Waals surface area contributed by atoms with Gasteiger partial charge in [-0.2, -0.15) is 0 Å². The van der Waals surface area contributed by atoms with Crippen LogP contribution in [0.3, 0.4) is 0 Å². The molecule has 19 heavy (non-hydrogen) atoms. The maximum Gasteiger partial charge on any atom is 0.250 e. The van der Waals surface area contributed by atoms with E-state index in [9.17, 15) is 9.18 Å². The van der Waals surface area contributed by atoms with E-state index in [1.165, 1.54) is 6.20 Å². The zero-order valence-corrected chi connectivity index (χ0v) is 11.5. The number of pyridine rings is 1. The van der Waals surface area contributed by atoms with Crippen LogP contribution in [0, 0.1) is 11.2 Å². The quantitative estimate of drug-likeness (QED) is 0.839. The molecule has 0 fully saturated rings. The largest absolute Gasteiger partial charge is 0.476 e. The molecule has 3 nitrogen and oxygen atoms in total. The van der Waals surface area contributed by atoms with Crippen LogP contribution in [-0.2, 0) is 4.79 Å². The van der Waals surface area contributed by atoms with E-state index >= 15 is 0 Å². The van der Waals surface area contributed by atoms with Crippen molar-refractivity contribution in [3.05, 3.63) is 29.7 Å². The van der Waals surface area contributed by atoms with Crippen LogP contribution in [0.2, 0.25) is 0 Å². The van der Waals surface area contributed by atoms with E-state index in [2.05, 4.69) is 4.98 Å². The summed E-state index contributed by atoms with van der Waals surface area (Å²) in [6.45, 7) is 6.16. The lowest BCUT2D eigenvalue weighted by Gasteiger charge is -2.29. The van der Waals surface area contributed by atoms with Crippen LogP contribution < -0.4 is 4.74 Å². The van der Waals surface area contributed by atoms with Gasteiger partial charge in [0.25, 0.3) is 5.88 Å². The third-order valence-corrected chi connectivity index (χ3v) is 3.14. The smallest absolute Gasteiger partial charge is 0.250 e. The van der Waals surface area contributed by atoms with Crippen LogP contribution in [-0.4, -0.2) is 17.4 Å². The number of ether oxygens (including phenoxy) is 1. The maximum absolute atomic E-state index is 14.3. The maximum atomic E-state index is 14.3. The van der Waals surface area contributed by atoms with Crippen molar-refractivity contribution in [2.45, 2.75) is 33.6 Å². The van der Waals surface area contributed by atoms with Crippen molar-refractivity contribution >= 4 is 11.4 Å². The fourth-order valence-electron chi connectivity index (χ4n) is 2.43. The minimum absolute atomic E-state index is 0.00303. The summed E-state index contributed by atoms with van der Waals surface area (Å²) in [6.07, 6.45) is 4.22.